The number of alkyl halides is 3. The van der Waals surface area contributed by atoms with Crippen molar-refractivity contribution in [2.75, 3.05) is 6.61 Å². The van der Waals surface area contributed by atoms with Crippen LogP contribution in [-0.2, 0) is 6.18 Å². The molecule has 0 amide bonds. The Balaban J connectivity index is 2.00. The van der Waals surface area contributed by atoms with Gasteiger partial charge in [-0.1, -0.05) is 12.1 Å². The Bertz CT molecular complexity index is 633. The zero-order chi connectivity index (χ0) is 15.5. The predicted molar refractivity (Wildman–Crippen MR) is 67.7 cm³/mol. The SMILES string of the molecule is O=C(COc1ccc(C(F)(F)F)cc1)c1ccccc1F. The predicted octanol–water partition coefficient (Wildman–Crippen LogP) is 4.11. The van der Waals surface area contributed by atoms with Gasteiger partial charge in [-0.05, 0) is 36.4 Å². The highest BCUT2D eigenvalue weighted by molar-refractivity contribution is 5.97. The van der Waals surface area contributed by atoms with Crippen LogP contribution in [0.25, 0.3) is 0 Å². The van der Waals surface area contributed by atoms with Crippen molar-refractivity contribution in [1.82, 2.24) is 0 Å². The van der Waals surface area contributed by atoms with Crippen molar-refractivity contribution in [2.24, 2.45) is 0 Å². The molecule has 0 bridgehead atoms. The third-order valence-corrected chi connectivity index (χ3v) is 2.73. The minimum absolute atomic E-state index is 0.104. The van der Waals surface area contributed by atoms with E-state index in [1.807, 2.05) is 0 Å². The van der Waals surface area contributed by atoms with Crippen molar-refractivity contribution in [3.8, 4) is 5.75 Å². The van der Waals surface area contributed by atoms with Gasteiger partial charge in [-0.15, -0.1) is 0 Å². The lowest BCUT2D eigenvalue weighted by atomic mass is 10.1. The molecule has 0 N–H and O–H groups in total. The van der Waals surface area contributed by atoms with E-state index in [1.54, 1.807) is 0 Å². The fourth-order valence-corrected chi connectivity index (χ4v) is 1.65. The molecule has 0 aliphatic rings. The maximum Gasteiger partial charge on any atom is 0.416 e. The molecule has 6 heteroatoms. The summed E-state index contributed by atoms with van der Waals surface area (Å²) in [5, 5.41) is 0. The summed E-state index contributed by atoms with van der Waals surface area (Å²) in [6, 6.07) is 9.33. The summed E-state index contributed by atoms with van der Waals surface area (Å²) in [4.78, 5) is 11.7. The Morgan fingerprint density at radius 1 is 1.00 bits per heavy atom. The summed E-state index contributed by atoms with van der Waals surface area (Å²) < 4.78 is 55.5. The fraction of sp³-hybridized carbons (Fsp3) is 0.133. The maximum atomic E-state index is 13.3. The first-order valence-corrected chi connectivity index (χ1v) is 5.96. The minimum Gasteiger partial charge on any atom is -0.485 e. The molecule has 0 unspecified atom stereocenters. The van der Waals surface area contributed by atoms with Gasteiger partial charge in [0.05, 0.1) is 11.1 Å². The van der Waals surface area contributed by atoms with Crippen LogP contribution in [0.4, 0.5) is 17.6 Å². The number of hydrogen-bond donors (Lipinski definition) is 0. The van der Waals surface area contributed by atoms with E-state index in [2.05, 4.69) is 0 Å². The van der Waals surface area contributed by atoms with E-state index in [-0.39, 0.29) is 11.3 Å². The van der Waals surface area contributed by atoms with Crippen LogP contribution in [0, 0.1) is 5.82 Å². The van der Waals surface area contributed by atoms with Crippen molar-refractivity contribution in [3.63, 3.8) is 0 Å². The van der Waals surface area contributed by atoms with Crippen LogP contribution in [0.5, 0.6) is 5.75 Å². The molecule has 21 heavy (non-hydrogen) atoms. The lowest BCUT2D eigenvalue weighted by Crippen LogP contribution is -2.13. The molecular formula is C15H10F4O2. The van der Waals surface area contributed by atoms with Gasteiger partial charge in [-0.25, -0.2) is 4.39 Å². The second-order valence-electron chi connectivity index (χ2n) is 4.21. The number of ether oxygens (including phenoxy) is 1. The normalized spacial score (nSPS) is 11.2. The smallest absolute Gasteiger partial charge is 0.416 e. The molecule has 0 aliphatic carbocycles. The molecule has 0 aromatic heterocycles. The highest BCUT2D eigenvalue weighted by Crippen LogP contribution is 2.30. The van der Waals surface area contributed by atoms with Crippen molar-refractivity contribution in [2.45, 2.75) is 6.18 Å². The van der Waals surface area contributed by atoms with Crippen LogP contribution in [-0.4, -0.2) is 12.4 Å². The van der Waals surface area contributed by atoms with Crippen LogP contribution < -0.4 is 4.74 Å². The van der Waals surface area contributed by atoms with E-state index < -0.39 is 29.9 Å². The first-order valence-electron chi connectivity index (χ1n) is 5.96. The third kappa shape index (κ3) is 3.81. The Morgan fingerprint density at radius 3 is 2.19 bits per heavy atom. The lowest BCUT2D eigenvalue weighted by Gasteiger charge is -2.09. The topological polar surface area (TPSA) is 26.3 Å². The first kappa shape index (κ1) is 15.0. The zero-order valence-electron chi connectivity index (χ0n) is 10.7. The number of halogens is 4. The van der Waals surface area contributed by atoms with Crippen molar-refractivity contribution in [3.05, 3.63) is 65.5 Å². The maximum absolute atomic E-state index is 13.3. The van der Waals surface area contributed by atoms with Gasteiger partial charge < -0.3 is 4.74 Å². The minimum atomic E-state index is -4.43. The summed E-state index contributed by atoms with van der Waals surface area (Å²) in [6.45, 7) is -0.452. The Labute approximate surface area is 118 Å². The molecule has 0 atom stereocenters. The molecule has 0 spiro atoms. The van der Waals surface area contributed by atoms with Gasteiger partial charge in [-0.3, -0.25) is 4.79 Å². The highest BCUT2D eigenvalue weighted by Gasteiger charge is 2.30. The van der Waals surface area contributed by atoms with Gasteiger partial charge in [0, 0.05) is 0 Å². The molecule has 2 aromatic carbocycles. The monoisotopic (exact) mass is 298 g/mol. The van der Waals surface area contributed by atoms with Gasteiger partial charge in [0.2, 0.25) is 5.78 Å². The number of benzene rings is 2. The van der Waals surface area contributed by atoms with E-state index in [9.17, 15) is 22.4 Å². The van der Waals surface area contributed by atoms with E-state index in [4.69, 9.17) is 4.74 Å². The lowest BCUT2D eigenvalue weighted by molar-refractivity contribution is -0.137. The molecule has 0 heterocycles. The van der Waals surface area contributed by atoms with Gasteiger partial charge >= 0.3 is 6.18 Å². The molecule has 110 valence electrons. The van der Waals surface area contributed by atoms with Gasteiger partial charge in [0.1, 0.15) is 11.6 Å². The van der Waals surface area contributed by atoms with Gasteiger partial charge in [-0.2, -0.15) is 13.2 Å². The summed E-state index contributed by atoms with van der Waals surface area (Å²) in [5.41, 5.74) is -0.931. The number of ketones is 1. The molecule has 0 aliphatic heterocycles. The standard InChI is InChI=1S/C15H10F4O2/c16-13-4-2-1-3-12(13)14(20)9-21-11-7-5-10(6-8-11)15(17,18)19/h1-8H,9H2. The molecule has 2 nitrogen and oxygen atoms in total. The van der Waals surface area contributed by atoms with Crippen molar-refractivity contribution in [1.29, 1.82) is 0 Å². The molecule has 0 saturated carbocycles. The second-order valence-corrected chi connectivity index (χ2v) is 4.21. The quantitative estimate of drug-likeness (QED) is 0.627. The second kappa shape index (κ2) is 5.95. The Kier molecular flexibility index (Phi) is 4.26. The zero-order valence-corrected chi connectivity index (χ0v) is 10.7. The van der Waals surface area contributed by atoms with E-state index in [0.29, 0.717) is 0 Å². The van der Waals surface area contributed by atoms with Crippen LogP contribution in [0.2, 0.25) is 0 Å². The molecule has 2 rings (SSSR count). The van der Waals surface area contributed by atoms with Crippen LogP contribution in [0.1, 0.15) is 15.9 Å². The van der Waals surface area contributed by atoms with E-state index in [1.165, 1.54) is 18.2 Å². The molecule has 0 saturated heterocycles. The Hall–Kier alpha value is -2.37. The van der Waals surface area contributed by atoms with E-state index >= 15 is 0 Å². The number of carbonyl (C=O) groups excluding carboxylic acids is 1. The summed E-state index contributed by atoms with van der Waals surface area (Å²) >= 11 is 0. The molecule has 2 aromatic rings. The first-order chi connectivity index (χ1) is 9.88. The number of Topliss-reactive ketones (excluding diaryl/α,β-unsaturated/α-hetero) is 1. The third-order valence-electron chi connectivity index (χ3n) is 2.73. The average molecular weight is 298 g/mol. The summed E-state index contributed by atoms with van der Waals surface area (Å²) in [6.07, 6.45) is -4.43. The van der Waals surface area contributed by atoms with Crippen LogP contribution in [0.15, 0.2) is 48.5 Å². The average Bonchev–Trinajstić information content (AvgIpc) is 2.45. The highest BCUT2D eigenvalue weighted by atomic mass is 19.4. The number of carbonyl (C=O) groups is 1. The van der Waals surface area contributed by atoms with E-state index in [0.717, 1.165) is 30.3 Å². The van der Waals surface area contributed by atoms with Crippen LogP contribution in [0.3, 0.4) is 0 Å². The molecular weight excluding hydrogens is 288 g/mol. The fourth-order valence-electron chi connectivity index (χ4n) is 1.65. The largest absolute Gasteiger partial charge is 0.485 e. The molecule has 0 radical (unpaired) electrons. The number of rotatable bonds is 4. The summed E-state index contributed by atoms with van der Waals surface area (Å²) in [5.74, 6) is -1.15. The van der Waals surface area contributed by atoms with Crippen LogP contribution >= 0.6 is 0 Å². The van der Waals surface area contributed by atoms with Crippen molar-refractivity contribution >= 4 is 5.78 Å². The number of hydrogen-bond acceptors (Lipinski definition) is 2. The van der Waals surface area contributed by atoms with Crippen molar-refractivity contribution < 1.29 is 27.1 Å². The van der Waals surface area contributed by atoms with Gasteiger partial charge in [0.25, 0.3) is 0 Å². The molecule has 0 fully saturated rings. The van der Waals surface area contributed by atoms with Gasteiger partial charge in [0.15, 0.2) is 6.61 Å². The Morgan fingerprint density at radius 2 is 1.62 bits per heavy atom. The summed E-state index contributed by atoms with van der Waals surface area (Å²) in [7, 11) is 0.